The minimum atomic E-state index is -0.525. The van der Waals surface area contributed by atoms with E-state index in [2.05, 4.69) is 5.10 Å². The summed E-state index contributed by atoms with van der Waals surface area (Å²) >= 11 is 0. The number of anilines is 1. The van der Waals surface area contributed by atoms with Crippen LogP contribution < -0.4 is 5.73 Å². The number of nitrogen functional groups attached to an aromatic ring is 1. The average molecular weight is 209 g/mol. The SMILES string of the molecule is CCCOC(=O)n1cc2occ(N)c2n1. The first-order chi connectivity index (χ1) is 7.22. The second-order valence-electron chi connectivity index (χ2n) is 3.09. The van der Waals surface area contributed by atoms with Crippen molar-refractivity contribution >= 4 is 22.9 Å². The predicted octanol–water partition coefficient (Wildman–Crippen LogP) is 1.61. The summed E-state index contributed by atoms with van der Waals surface area (Å²) < 4.78 is 11.0. The minimum absolute atomic E-state index is 0.371. The molecule has 0 bridgehead atoms. The van der Waals surface area contributed by atoms with Crippen LogP contribution in [0.15, 0.2) is 16.9 Å². The van der Waals surface area contributed by atoms with Crippen molar-refractivity contribution in [1.82, 2.24) is 9.78 Å². The summed E-state index contributed by atoms with van der Waals surface area (Å²) in [6.45, 7) is 2.29. The molecule has 2 rings (SSSR count). The van der Waals surface area contributed by atoms with Crippen LogP contribution in [0, 0.1) is 0 Å². The maximum Gasteiger partial charge on any atom is 0.434 e. The highest BCUT2D eigenvalue weighted by molar-refractivity contribution is 5.87. The van der Waals surface area contributed by atoms with Crippen molar-refractivity contribution in [2.24, 2.45) is 0 Å². The van der Waals surface area contributed by atoms with Crippen molar-refractivity contribution in [2.75, 3.05) is 12.3 Å². The standard InChI is InChI=1S/C9H11N3O3/c1-2-3-14-9(13)12-4-7-8(11-12)6(10)5-15-7/h4-5H,2-3,10H2,1H3. The Labute approximate surface area is 85.6 Å². The summed E-state index contributed by atoms with van der Waals surface area (Å²) in [5.74, 6) is 0. The van der Waals surface area contributed by atoms with Gasteiger partial charge in [0.1, 0.15) is 6.26 Å². The van der Waals surface area contributed by atoms with Crippen LogP contribution in [-0.4, -0.2) is 22.5 Å². The number of carbonyl (C=O) groups excluding carboxylic acids is 1. The van der Waals surface area contributed by atoms with Crippen molar-refractivity contribution in [3.8, 4) is 0 Å². The number of carbonyl (C=O) groups is 1. The molecule has 2 heterocycles. The summed E-state index contributed by atoms with van der Waals surface area (Å²) in [6, 6.07) is 0. The van der Waals surface area contributed by atoms with Gasteiger partial charge in [0.25, 0.3) is 0 Å². The van der Waals surface area contributed by atoms with Gasteiger partial charge in [0.2, 0.25) is 0 Å². The van der Waals surface area contributed by atoms with Crippen LogP contribution in [0.2, 0.25) is 0 Å². The zero-order chi connectivity index (χ0) is 10.8. The monoisotopic (exact) mass is 209 g/mol. The van der Waals surface area contributed by atoms with Gasteiger partial charge in [-0.15, -0.1) is 0 Å². The molecule has 6 heteroatoms. The number of aromatic nitrogens is 2. The molecule has 0 saturated heterocycles. The minimum Gasteiger partial charge on any atom is -0.459 e. The third kappa shape index (κ3) is 1.65. The molecule has 2 aromatic rings. The maximum absolute atomic E-state index is 11.4. The highest BCUT2D eigenvalue weighted by Gasteiger charge is 2.13. The van der Waals surface area contributed by atoms with E-state index in [1.165, 1.54) is 12.5 Å². The number of nitrogens with two attached hydrogens (primary N) is 1. The van der Waals surface area contributed by atoms with E-state index in [0.717, 1.165) is 11.1 Å². The second-order valence-corrected chi connectivity index (χ2v) is 3.09. The fourth-order valence-electron chi connectivity index (χ4n) is 1.18. The molecule has 6 nitrogen and oxygen atoms in total. The smallest absolute Gasteiger partial charge is 0.434 e. The van der Waals surface area contributed by atoms with Crippen molar-refractivity contribution in [2.45, 2.75) is 13.3 Å². The first-order valence-corrected chi connectivity index (χ1v) is 4.62. The van der Waals surface area contributed by atoms with Gasteiger partial charge in [0, 0.05) is 0 Å². The molecule has 0 aromatic carbocycles. The molecule has 15 heavy (non-hydrogen) atoms. The molecule has 2 N–H and O–H groups in total. The van der Waals surface area contributed by atoms with E-state index >= 15 is 0 Å². The Bertz CT molecular complexity index is 486. The van der Waals surface area contributed by atoms with Gasteiger partial charge in [-0.2, -0.15) is 9.78 Å². The molecule has 0 aliphatic rings. The highest BCUT2D eigenvalue weighted by Crippen LogP contribution is 2.20. The molecule has 80 valence electrons. The summed E-state index contributed by atoms with van der Waals surface area (Å²) in [4.78, 5) is 11.4. The largest absolute Gasteiger partial charge is 0.459 e. The molecule has 0 fully saturated rings. The molecular weight excluding hydrogens is 198 g/mol. The van der Waals surface area contributed by atoms with Crippen LogP contribution in [0.1, 0.15) is 13.3 Å². The fraction of sp³-hybridized carbons (Fsp3) is 0.333. The number of hydrogen-bond acceptors (Lipinski definition) is 5. The Morgan fingerprint density at radius 2 is 2.53 bits per heavy atom. The fourth-order valence-corrected chi connectivity index (χ4v) is 1.18. The van der Waals surface area contributed by atoms with Crippen molar-refractivity contribution in [1.29, 1.82) is 0 Å². The lowest BCUT2D eigenvalue weighted by Gasteiger charge is -2.00. The van der Waals surface area contributed by atoms with Crippen LogP contribution in [-0.2, 0) is 4.74 Å². The Kier molecular flexibility index (Phi) is 2.32. The summed E-state index contributed by atoms with van der Waals surface area (Å²) in [6.07, 6.45) is 3.08. The molecule has 0 amide bonds. The zero-order valence-corrected chi connectivity index (χ0v) is 8.27. The van der Waals surface area contributed by atoms with Gasteiger partial charge in [0.15, 0.2) is 11.1 Å². The predicted molar refractivity (Wildman–Crippen MR) is 53.4 cm³/mol. The summed E-state index contributed by atoms with van der Waals surface area (Å²) in [5.41, 5.74) is 6.93. The number of furan rings is 1. The normalized spacial score (nSPS) is 10.7. The lowest BCUT2D eigenvalue weighted by Crippen LogP contribution is -2.14. The number of ether oxygens (including phenoxy) is 1. The van der Waals surface area contributed by atoms with E-state index in [1.807, 2.05) is 6.92 Å². The van der Waals surface area contributed by atoms with Crippen LogP contribution in [0.25, 0.3) is 11.1 Å². The Morgan fingerprint density at radius 1 is 1.73 bits per heavy atom. The van der Waals surface area contributed by atoms with E-state index < -0.39 is 6.09 Å². The number of nitrogens with zero attached hydrogens (tertiary/aromatic N) is 2. The van der Waals surface area contributed by atoms with Gasteiger partial charge in [-0.1, -0.05) is 6.92 Å². The van der Waals surface area contributed by atoms with Gasteiger partial charge in [0.05, 0.1) is 18.5 Å². The van der Waals surface area contributed by atoms with Gasteiger partial charge < -0.3 is 14.9 Å². The number of hydrogen-bond donors (Lipinski definition) is 1. The highest BCUT2D eigenvalue weighted by atomic mass is 16.6. The van der Waals surface area contributed by atoms with Crippen LogP contribution in [0.4, 0.5) is 10.5 Å². The van der Waals surface area contributed by atoms with Crippen molar-refractivity contribution in [3.05, 3.63) is 12.5 Å². The van der Waals surface area contributed by atoms with Gasteiger partial charge >= 0.3 is 6.09 Å². The number of rotatable bonds is 2. The Morgan fingerprint density at radius 3 is 3.20 bits per heavy atom. The van der Waals surface area contributed by atoms with Crippen LogP contribution in [0.5, 0.6) is 0 Å². The molecule has 0 radical (unpaired) electrons. The van der Waals surface area contributed by atoms with Crippen LogP contribution in [0.3, 0.4) is 0 Å². The van der Waals surface area contributed by atoms with E-state index in [1.54, 1.807) is 0 Å². The topological polar surface area (TPSA) is 83.3 Å². The maximum atomic E-state index is 11.4. The van der Waals surface area contributed by atoms with E-state index in [4.69, 9.17) is 14.9 Å². The lowest BCUT2D eigenvalue weighted by atomic mass is 10.4. The molecule has 0 aliphatic heterocycles. The van der Waals surface area contributed by atoms with Crippen molar-refractivity contribution in [3.63, 3.8) is 0 Å². The van der Waals surface area contributed by atoms with E-state index in [9.17, 15) is 4.79 Å². The molecule has 2 aromatic heterocycles. The summed E-state index contributed by atoms with van der Waals surface area (Å²) in [7, 11) is 0. The number of fused-ring (bicyclic) bond motifs is 1. The van der Waals surface area contributed by atoms with Gasteiger partial charge in [-0.25, -0.2) is 4.79 Å². The van der Waals surface area contributed by atoms with Crippen molar-refractivity contribution < 1.29 is 13.9 Å². The van der Waals surface area contributed by atoms with Gasteiger partial charge in [-0.3, -0.25) is 0 Å². The zero-order valence-electron chi connectivity index (χ0n) is 8.27. The molecule has 0 atom stereocenters. The first-order valence-electron chi connectivity index (χ1n) is 4.62. The Balaban J connectivity index is 2.24. The van der Waals surface area contributed by atoms with E-state index in [-0.39, 0.29) is 0 Å². The molecule has 0 aliphatic carbocycles. The molecule has 0 spiro atoms. The Hall–Kier alpha value is -1.98. The molecular formula is C9H11N3O3. The molecule has 0 unspecified atom stereocenters. The third-order valence-corrected chi connectivity index (χ3v) is 1.88. The van der Waals surface area contributed by atoms with E-state index in [0.29, 0.717) is 23.4 Å². The lowest BCUT2D eigenvalue weighted by molar-refractivity contribution is 0.144. The van der Waals surface area contributed by atoms with Gasteiger partial charge in [-0.05, 0) is 6.42 Å². The second kappa shape index (κ2) is 3.64. The quantitative estimate of drug-likeness (QED) is 0.812. The van der Waals surface area contributed by atoms with Crippen LogP contribution >= 0.6 is 0 Å². The molecule has 0 saturated carbocycles. The third-order valence-electron chi connectivity index (χ3n) is 1.88. The summed E-state index contributed by atoms with van der Waals surface area (Å²) in [5, 5.41) is 3.95. The average Bonchev–Trinajstić information content (AvgIpc) is 2.78. The first kappa shape index (κ1) is 9.57.